The second-order valence-electron chi connectivity index (χ2n) is 13.6. The molecule has 1 aromatic carbocycles. The third-order valence-electron chi connectivity index (χ3n) is 11.5. The van der Waals surface area contributed by atoms with Gasteiger partial charge in [-0.15, -0.1) is 6.58 Å². The standard InChI is InChI=1S/C33H46N2O4/c1-7-31(4)20-26(36)32(5)21(2)11-12-33(22(3)29(31)38)19-25(27(37)28(32)33)18-23-9-8-10-24(17-23)30(39)35-15-13-34(6)14-16-35/h7-10,17-18,21-22,26,28-29,36,38H,1,11-16,19-20H2,2-6H3/b25-18+/t21-,22+,26-,28+,29+,31-,32+,33+/m1/s1. The van der Waals surface area contributed by atoms with E-state index in [0.717, 1.165) is 37.1 Å². The summed E-state index contributed by atoms with van der Waals surface area (Å²) in [5.74, 6) is -0.189. The van der Waals surface area contributed by atoms with E-state index < -0.39 is 28.5 Å². The summed E-state index contributed by atoms with van der Waals surface area (Å²) in [4.78, 5) is 31.7. The lowest BCUT2D eigenvalue weighted by atomic mass is 9.44. The van der Waals surface area contributed by atoms with Crippen LogP contribution in [-0.2, 0) is 4.79 Å². The molecular formula is C33H46N2O4. The van der Waals surface area contributed by atoms with Gasteiger partial charge in [0.25, 0.3) is 5.91 Å². The molecule has 1 saturated heterocycles. The van der Waals surface area contributed by atoms with E-state index in [0.29, 0.717) is 31.5 Å². The highest BCUT2D eigenvalue weighted by molar-refractivity contribution is 6.05. The Labute approximate surface area is 233 Å². The van der Waals surface area contributed by atoms with E-state index in [1.165, 1.54) is 0 Å². The minimum atomic E-state index is -0.727. The average molecular weight is 535 g/mol. The predicted octanol–water partition coefficient (Wildman–Crippen LogP) is 4.42. The maximum atomic E-state index is 14.3. The first-order valence-corrected chi connectivity index (χ1v) is 14.7. The molecule has 6 nitrogen and oxygen atoms in total. The summed E-state index contributed by atoms with van der Waals surface area (Å²) in [5.41, 5.74) is 0.580. The monoisotopic (exact) mass is 534 g/mol. The second-order valence-corrected chi connectivity index (χ2v) is 13.6. The Kier molecular flexibility index (Phi) is 7.22. The average Bonchev–Trinajstić information content (AvgIpc) is 3.22. The number of aliphatic hydroxyl groups is 2. The number of Topliss-reactive ketones (excluding diaryl/α,β-unsaturated/α-hetero) is 1. The number of allylic oxidation sites excluding steroid dienone is 1. The van der Waals surface area contributed by atoms with Crippen molar-refractivity contribution in [2.75, 3.05) is 33.2 Å². The van der Waals surface area contributed by atoms with Crippen LogP contribution in [0.4, 0.5) is 0 Å². The van der Waals surface area contributed by atoms with Gasteiger partial charge in [-0.1, -0.05) is 45.9 Å². The number of rotatable bonds is 3. The van der Waals surface area contributed by atoms with Crippen molar-refractivity contribution in [1.29, 1.82) is 0 Å². The number of ketones is 1. The fourth-order valence-corrected chi connectivity index (χ4v) is 8.50. The predicted molar refractivity (Wildman–Crippen MR) is 154 cm³/mol. The molecule has 2 N–H and O–H groups in total. The van der Waals surface area contributed by atoms with Gasteiger partial charge in [0.15, 0.2) is 5.78 Å². The van der Waals surface area contributed by atoms with Gasteiger partial charge in [-0.3, -0.25) is 9.59 Å². The fraction of sp³-hybridized carbons (Fsp3) is 0.636. The topological polar surface area (TPSA) is 81.1 Å². The quantitative estimate of drug-likeness (QED) is 0.443. The third kappa shape index (κ3) is 4.34. The molecule has 5 rings (SSSR count). The zero-order valence-electron chi connectivity index (χ0n) is 24.3. The molecule has 0 radical (unpaired) electrons. The Hall–Kier alpha value is -2.28. The molecule has 3 saturated carbocycles. The van der Waals surface area contributed by atoms with Gasteiger partial charge in [-0.2, -0.15) is 0 Å². The molecule has 1 aromatic rings. The number of likely N-dealkylation sites (N-methyl/N-ethyl adjacent to an activating group) is 1. The lowest BCUT2D eigenvalue weighted by Gasteiger charge is -2.61. The van der Waals surface area contributed by atoms with E-state index in [4.69, 9.17) is 0 Å². The zero-order chi connectivity index (χ0) is 28.3. The first-order chi connectivity index (χ1) is 18.4. The number of carbonyl (C=O) groups excluding carboxylic acids is 2. The van der Waals surface area contributed by atoms with Gasteiger partial charge < -0.3 is 20.0 Å². The molecule has 0 unspecified atom stereocenters. The number of aliphatic hydroxyl groups excluding tert-OH is 2. The number of carbonyl (C=O) groups is 2. The van der Waals surface area contributed by atoms with Gasteiger partial charge in [0.05, 0.1) is 12.2 Å². The van der Waals surface area contributed by atoms with Crippen molar-refractivity contribution in [3.8, 4) is 0 Å². The minimum Gasteiger partial charge on any atom is -0.392 e. The Balaban J connectivity index is 1.53. The van der Waals surface area contributed by atoms with Crippen molar-refractivity contribution in [1.82, 2.24) is 9.80 Å². The van der Waals surface area contributed by atoms with Gasteiger partial charge in [-0.05, 0) is 79.3 Å². The van der Waals surface area contributed by atoms with Crippen LogP contribution in [0.2, 0.25) is 0 Å². The number of piperazine rings is 1. The minimum absolute atomic E-state index is 0.0297. The number of amides is 1. The van der Waals surface area contributed by atoms with Crippen molar-refractivity contribution in [2.24, 2.45) is 34.0 Å². The normalized spacial score (nSPS) is 42.1. The molecule has 1 heterocycles. The SMILES string of the molecule is C=C[C@]1(C)C[C@@H](O)[C@]2(C)[C@H](C)CC[C@]3(C/C(=C\c4cccc(C(=O)N5CCN(C)CC5)c4)C(=O)[C@H]32)[C@@H](C)[C@@H]1O. The molecule has 0 spiro atoms. The van der Waals surface area contributed by atoms with Crippen LogP contribution in [0, 0.1) is 34.0 Å². The summed E-state index contributed by atoms with van der Waals surface area (Å²) in [6.45, 7) is 15.5. The van der Waals surface area contributed by atoms with Gasteiger partial charge in [0.2, 0.25) is 0 Å². The van der Waals surface area contributed by atoms with Gasteiger partial charge in [-0.25, -0.2) is 0 Å². The molecule has 4 fully saturated rings. The summed E-state index contributed by atoms with van der Waals surface area (Å²) in [7, 11) is 2.07. The van der Waals surface area contributed by atoms with Crippen molar-refractivity contribution in [2.45, 2.75) is 65.6 Å². The van der Waals surface area contributed by atoms with Crippen LogP contribution < -0.4 is 0 Å². The van der Waals surface area contributed by atoms with Gasteiger partial charge >= 0.3 is 0 Å². The second kappa shape index (κ2) is 9.97. The molecule has 1 amide bonds. The Morgan fingerprint density at radius 1 is 1.13 bits per heavy atom. The van der Waals surface area contributed by atoms with Crippen molar-refractivity contribution < 1.29 is 19.8 Å². The molecular weight excluding hydrogens is 488 g/mol. The number of hydrogen-bond acceptors (Lipinski definition) is 5. The Bertz CT molecular complexity index is 1190. The van der Waals surface area contributed by atoms with Crippen LogP contribution in [0.3, 0.4) is 0 Å². The Morgan fingerprint density at radius 3 is 2.49 bits per heavy atom. The van der Waals surface area contributed by atoms with E-state index in [-0.39, 0.29) is 29.4 Å². The van der Waals surface area contributed by atoms with Crippen LogP contribution in [0.15, 0.2) is 42.5 Å². The van der Waals surface area contributed by atoms with E-state index in [1.54, 1.807) is 6.08 Å². The maximum Gasteiger partial charge on any atom is 0.253 e. The number of benzene rings is 1. The molecule has 39 heavy (non-hydrogen) atoms. The molecule has 3 aliphatic carbocycles. The summed E-state index contributed by atoms with van der Waals surface area (Å²) >= 11 is 0. The highest BCUT2D eigenvalue weighted by Crippen LogP contribution is 2.68. The summed E-state index contributed by atoms with van der Waals surface area (Å²) in [6, 6.07) is 7.60. The van der Waals surface area contributed by atoms with Gasteiger partial charge in [0.1, 0.15) is 0 Å². The molecule has 6 heteroatoms. The fourth-order valence-electron chi connectivity index (χ4n) is 8.50. The highest BCUT2D eigenvalue weighted by Gasteiger charge is 2.68. The first-order valence-electron chi connectivity index (χ1n) is 14.7. The first kappa shape index (κ1) is 28.3. The number of hydrogen-bond donors (Lipinski definition) is 2. The van der Waals surface area contributed by atoms with E-state index in [2.05, 4.69) is 39.3 Å². The summed E-state index contributed by atoms with van der Waals surface area (Å²) in [6.07, 6.45) is 5.06. The molecule has 1 aliphatic heterocycles. The van der Waals surface area contributed by atoms with Crippen molar-refractivity contribution >= 4 is 17.8 Å². The Morgan fingerprint density at radius 2 is 1.82 bits per heavy atom. The van der Waals surface area contributed by atoms with Crippen LogP contribution in [0.5, 0.6) is 0 Å². The molecule has 4 aliphatic rings. The summed E-state index contributed by atoms with van der Waals surface area (Å²) < 4.78 is 0. The van der Waals surface area contributed by atoms with Crippen molar-refractivity contribution in [3.63, 3.8) is 0 Å². The van der Waals surface area contributed by atoms with E-state index in [1.807, 2.05) is 42.2 Å². The summed E-state index contributed by atoms with van der Waals surface area (Å²) in [5, 5.41) is 23.4. The largest absolute Gasteiger partial charge is 0.392 e. The van der Waals surface area contributed by atoms with Crippen molar-refractivity contribution in [3.05, 3.63) is 53.6 Å². The highest BCUT2D eigenvalue weighted by atomic mass is 16.3. The van der Waals surface area contributed by atoms with Crippen LogP contribution in [0.1, 0.15) is 69.3 Å². The van der Waals surface area contributed by atoms with Gasteiger partial charge in [0, 0.05) is 48.5 Å². The smallest absolute Gasteiger partial charge is 0.253 e. The lowest BCUT2D eigenvalue weighted by Crippen LogP contribution is -2.62. The molecule has 8 atom stereocenters. The van der Waals surface area contributed by atoms with E-state index >= 15 is 0 Å². The maximum absolute atomic E-state index is 14.3. The lowest BCUT2D eigenvalue weighted by molar-refractivity contribution is -0.191. The molecule has 0 aromatic heterocycles. The van der Waals surface area contributed by atoms with Crippen LogP contribution in [0.25, 0.3) is 6.08 Å². The molecule has 2 bridgehead atoms. The zero-order valence-corrected chi connectivity index (χ0v) is 24.3. The number of nitrogens with zero attached hydrogens (tertiary/aromatic N) is 2. The van der Waals surface area contributed by atoms with Crippen LogP contribution >= 0.6 is 0 Å². The van der Waals surface area contributed by atoms with E-state index in [9.17, 15) is 19.8 Å². The third-order valence-corrected chi connectivity index (χ3v) is 11.5. The molecule has 212 valence electrons. The van der Waals surface area contributed by atoms with Crippen LogP contribution in [-0.4, -0.2) is 77.1 Å².